The molecule has 0 aliphatic carbocycles. The van der Waals surface area contributed by atoms with Crippen molar-refractivity contribution in [2.75, 3.05) is 29.9 Å². The van der Waals surface area contributed by atoms with Crippen molar-refractivity contribution in [1.29, 1.82) is 0 Å². The van der Waals surface area contributed by atoms with Crippen LogP contribution in [0, 0.1) is 5.92 Å². The van der Waals surface area contributed by atoms with E-state index in [1.165, 1.54) is 0 Å². The normalized spacial score (nSPS) is 19.4. The second kappa shape index (κ2) is 9.22. The van der Waals surface area contributed by atoms with Gasteiger partial charge in [-0.2, -0.15) is 4.98 Å². The lowest BCUT2D eigenvalue weighted by molar-refractivity contribution is -0.121. The van der Waals surface area contributed by atoms with Crippen LogP contribution in [0.2, 0.25) is 0 Å². The first kappa shape index (κ1) is 20.8. The Labute approximate surface area is 190 Å². The smallest absolute Gasteiger partial charge is 0.241 e. The number of nitrogens with zero attached hydrogens (tertiary/aromatic N) is 4. The number of hydrogen-bond donors (Lipinski definition) is 1. The Hall–Kier alpha value is -3.04. The lowest BCUT2D eigenvalue weighted by atomic mass is 9.97. The molecule has 4 heterocycles. The Kier molecular flexibility index (Phi) is 6.00. The van der Waals surface area contributed by atoms with Gasteiger partial charge in [-0.25, -0.2) is 0 Å². The highest BCUT2D eigenvalue weighted by atomic mass is 32.1. The number of piperidine rings is 1. The molecule has 1 N–H and O–H groups in total. The molecule has 0 radical (unpaired) electrons. The molecular formula is C23H25N5O3S. The van der Waals surface area contributed by atoms with Crippen LogP contribution in [-0.2, 0) is 16.1 Å². The number of rotatable bonds is 6. The number of anilines is 2. The predicted octanol–water partition coefficient (Wildman–Crippen LogP) is 3.78. The molecular weight excluding hydrogens is 426 g/mol. The SMILES string of the molecule is O=C(Nc1ccc(N2CCCC2=O)cc1)C1CCCN(Cc2nc(-c3cccs3)no2)C1. The molecule has 0 bridgehead atoms. The van der Waals surface area contributed by atoms with Gasteiger partial charge in [0.2, 0.25) is 23.5 Å². The number of carbonyl (C=O) groups excluding carboxylic acids is 2. The minimum absolute atomic E-state index is 0.0181. The van der Waals surface area contributed by atoms with Crippen LogP contribution < -0.4 is 10.2 Å². The van der Waals surface area contributed by atoms with E-state index < -0.39 is 0 Å². The summed E-state index contributed by atoms with van der Waals surface area (Å²) in [4.78, 5) is 34.2. The Morgan fingerprint density at radius 3 is 2.81 bits per heavy atom. The number of likely N-dealkylation sites (tertiary alicyclic amines) is 1. The highest BCUT2D eigenvalue weighted by Gasteiger charge is 2.27. The van der Waals surface area contributed by atoms with E-state index in [0.29, 0.717) is 31.2 Å². The summed E-state index contributed by atoms with van der Waals surface area (Å²) < 4.78 is 5.42. The molecule has 1 atom stereocenters. The average Bonchev–Trinajstić information content (AvgIpc) is 3.57. The molecule has 3 aromatic rings. The Balaban J connectivity index is 1.16. The molecule has 5 rings (SSSR count). The molecule has 166 valence electrons. The van der Waals surface area contributed by atoms with Crippen molar-refractivity contribution >= 4 is 34.5 Å². The van der Waals surface area contributed by atoms with Crippen molar-refractivity contribution < 1.29 is 14.1 Å². The zero-order valence-corrected chi connectivity index (χ0v) is 18.5. The van der Waals surface area contributed by atoms with Gasteiger partial charge in [0.05, 0.1) is 17.3 Å². The molecule has 9 heteroatoms. The lowest BCUT2D eigenvalue weighted by Gasteiger charge is -2.30. The van der Waals surface area contributed by atoms with Gasteiger partial charge in [0.15, 0.2) is 0 Å². The van der Waals surface area contributed by atoms with Crippen LogP contribution in [0.15, 0.2) is 46.3 Å². The van der Waals surface area contributed by atoms with E-state index in [2.05, 4.69) is 20.4 Å². The Morgan fingerprint density at radius 2 is 2.06 bits per heavy atom. The minimum atomic E-state index is -0.0942. The number of amides is 2. The van der Waals surface area contributed by atoms with Gasteiger partial charge in [0.25, 0.3) is 0 Å². The monoisotopic (exact) mass is 451 g/mol. The van der Waals surface area contributed by atoms with Crippen molar-refractivity contribution in [2.45, 2.75) is 32.2 Å². The van der Waals surface area contributed by atoms with Crippen LogP contribution in [0.4, 0.5) is 11.4 Å². The van der Waals surface area contributed by atoms with E-state index in [-0.39, 0.29) is 17.7 Å². The molecule has 2 aliphatic rings. The van der Waals surface area contributed by atoms with Crippen molar-refractivity contribution in [3.63, 3.8) is 0 Å². The molecule has 0 saturated carbocycles. The zero-order valence-electron chi connectivity index (χ0n) is 17.7. The quantitative estimate of drug-likeness (QED) is 0.613. The zero-order chi connectivity index (χ0) is 21.9. The number of thiophene rings is 1. The third-order valence-electron chi connectivity index (χ3n) is 5.96. The van der Waals surface area contributed by atoms with Crippen LogP contribution in [0.5, 0.6) is 0 Å². The van der Waals surface area contributed by atoms with Crippen molar-refractivity contribution in [2.24, 2.45) is 5.92 Å². The van der Waals surface area contributed by atoms with E-state index in [1.54, 1.807) is 16.2 Å². The highest BCUT2D eigenvalue weighted by molar-refractivity contribution is 7.13. The minimum Gasteiger partial charge on any atom is -0.338 e. The van der Waals surface area contributed by atoms with Gasteiger partial charge in [-0.15, -0.1) is 11.3 Å². The van der Waals surface area contributed by atoms with Crippen LogP contribution in [-0.4, -0.2) is 46.5 Å². The maximum Gasteiger partial charge on any atom is 0.241 e. The standard InChI is InChI=1S/C23H25N5O3S/c29-21-6-2-12-28(21)18-9-7-17(8-10-18)24-23(30)16-4-1-11-27(14-16)15-20-25-22(26-31-20)19-5-3-13-32-19/h3,5,7-10,13,16H,1-2,4,6,11-12,14-15H2,(H,24,30). The van der Waals surface area contributed by atoms with E-state index in [0.717, 1.165) is 48.6 Å². The van der Waals surface area contributed by atoms with Gasteiger partial charge in [-0.05, 0) is 61.5 Å². The molecule has 2 amide bonds. The lowest BCUT2D eigenvalue weighted by Crippen LogP contribution is -2.40. The van der Waals surface area contributed by atoms with Gasteiger partial charge < -0.3 is 14.7 Å². The van der Waals surface area contributed by atoms with Crippen LogP contribution in [0.1, 0.15) is 31.6 Å². The second-order valence-electron chi connectivity index (χ2n) is 8.25. The first-order valence-electron chi connectivity index (χ1n) is 11.0. The second-order valence-corrected chi connectivity index (χ2v) is 9.20. The Morgan fingerprint density at radius 1 is 1.19 bits per heavy atom. The summed E-state index contributed by atoms with van der Waals surface area (Å²) in [6.45, 7) is 2.86. The first-order valence-corrected chi connectivity index (χ1v) is 11.8. The molecule has 1 unspecified atom stereocenters. The van der Waals surface area contributed by atoms with Crippen LogP contribution >= 0.6 is 11.3 Å². The fourth-order valence-electron chi connectivity index (χ4n) is 4.32. The summed E-state index contributed by atoms with van der Waals surface area (Å²) in [6, 6.07) is 11.5. The maximum absolute atomic E-state index is 12.9. The maximum atomic E-state index is 12.9. The molecule has 1 aromatic carbocycles. The highest BCUT2D eigenvalue weighted by Crippen LogP contribution is 2.25. The van der Waals surface area contributed by atoms with Gasteiger partial charge in [0, 0.05) is 30.9 Å². The van der Waals surface area contributed by atoms with Crippen LogP contribution in [0.25, 0.3) is 10.7 Å². The van der Waals surface area contributed by atoms with Crippen molar-refractivity contribution in [1.82, 2.24) is 15.0 Å². The summed E-state index contributed by atoms with van der Waals surface area (Å²) in [5.74, 6) is 1.27. The molecule has 32 heavy (non-hydrogen) atoms. The summed E-state index contributed by atoms with van der Waals surface area (Å²) >= 11 is 1.58. The summed E-state index contributed by atoms with van der Waals surface area (Å²) in [5, 5.41) is 9.08. The Bertz CT molecular complexity index is 1080. The number of nitrogens with one attached hydrogen (secondary N) is 1. The number of hydrogen-bond acceptors (Lipinski definition) is 7. The molecule has 2 fully saturated rings. The fraction of sp³-hybridized carbons (Fsp3) is 0.391. The number of benzene rings is 1. The summed E-state index contributed by atoms with van der Waals surface area (Å²) in [6.07, 6.45) is 3.30. The molecule has 0 spiro atoms. The van der Waals surface area contributed by atoms with Crippen molar-refractivity contribution in [3.05, 3.63) is 47.7 Å². The van der Waals surface area contributed by atoms with Gasteiger partial charge in [0.1, 0.15) is 0 Å². The van der Waals surface area contributed by atoms with E-state index >= 15 is 0 Å². The molecule has 8 nitrogen and oxygen atoms in total. The summed E-state index contributed by atoms with van der Waals surface area (Å²) in [7, 11) is 0. The molecule has 2 aliphatic heterocycles. The first-order chi connectivity index (χ1) is 15.7. The van der Waals surface area contributed by atoms with E-state index in [1.807, 2.05) is 41.8 Å². The van der Waals surface area contributed by atoms with E-state index in [4.69, 9.17) is 4.52 Å². The van der Waals surface area contributed by atoms with Gasteiger partial charge >= 0.3 is 0 Å². The van der Waals surface area contributed by atoms with Crippen molar-refractivity contribution in [3.8, 4) is 10.7 Å². The fourth-order valence-corrected chi connectivity index (χ4v) is 4.97. The third kappa shape index (κ3) is 4.58. The predicted molar refractivity (Wildman–Crippen MR) is 122 cm³/mol. The number of aromatic nitrogens is 2. The van der Waals surface area contributed by atoms with Gasteiger partial charge in [-0.1, -0.05) is 11.2 Å². The molecule has 2 aromatic heterocycles. The van der Waals surface area contributed by atoms with Crippen LogP contribution in [0.3, 0.4) is 0 Å². The largest absolute Gasteiger partial charge is 0.338 e. The molecule has 2 saturated heterocycles. The summed E-state index contributed by atoms with van der Waals surface area (Å²) in [5.41, 5.74) is 1.64. The third-order valence-corrected chi connectivity index (χ3v) is 6.83. The van der Waals surface area contributed by atoms with Gasteiger partial charge in [-0.3, -0.25) is 14.5 Å². The average molecular weight is 452 g/mol. The number of carbonyl (C=O) groups is 2. The topological polar surface area (TPSA) is 91.6 Å². The van der Waals surface area contributed by atoms with E-state index in [9.17, 15) is 9.59 Å².